The Morgan fingerprint density at radius 1 is 1.39 bits per heavy atom. The van der Waals surface area contributed by atoms with Crippen molar-refractivity contribution in [2.24, 2.45) is 0 Å². The van der Waals surface area contributed by atoms with Crippen LogP contribution in [0.2, 0.25) is 0 Å². The summed E-state index contributed by atoms with van der Waals surface area (Å²) in [4.78, 5) is 27.8. The minimum Gasteiger partial charge on any atom is -0.477 e. The molecule has 0 atom stereocenters. The van der Waals surface area contributed by atoms with E-state index < -0.39 is 11.5 Å². The molecule has 2 aromatic rings. The van der Waals surface area contributed by atoms with Crippen molar-refractivity contribution in [2.45, 2.75) is 51.5 Å². The molecule has 0 spiro atoms. The second kappa shape index (κ2) is 6.36. The second-order valence-corrected chi connectivity index (χ2v) is 5.99. The zero-order valence-electron chi connectivity index (χ0n) is 13.0. The fourth-order valence-electron chi connectivity index (χ4n) is 3.05. The smallest absolute Gasteiger partial charge is 0.341 e. The number of carboxylic acid groups (broad SMARTS) is 1. The third-order valence-corrected chi connectivity index (χ3v) is 4.35. The van der Waals surface area contributed by atoms with Crippen molar-refractivity contribution in [1.29, 1.82) is 0 Å². The molecule has 23 heavy (non-hydrogen) atoms. The lowest BCUT2D eigenvalue weighted by Gasteiger charge is -2.17. The van der Waals surface area contributed by atoms with Crippen LogP contribution in [0.15, 0.2) is 21.6 Å². The summed E-state index contributed by atoms with van der Waals surface area (Å²) >= 11 is 0. The third-order valence-electron chi connectivity index (χ3n) is 4.35. The van der Waals surface area contributed by atoms with Gasteiger partial charge in [-0.1, -0.05) is 24.4 Å². The lowest BCUT2D eigenvalue weighted by Crippen LogP contribution is -2.27. The van der Waals surface area contributed by atoms with Gasteiger partial charge in [0.15, 0.2) is 5.82 Å². The van der Waals surface area contributed by atoms with Crippen LogP contribution in [-0.2, 0) is 6.54 Å². The fraction of sp³-hybridized carbons (Fsp3) is 0.500. The first-order valence-electron chi connectivity index (χ1n) is 7.82. The number of aryl methyl sites for hydroxylation is 1. The van der Waals surface area contributed by atoms with Crippen LogP contribution in [0, 0.1) is 6.92 Å². The van der Waals surface area contributed by atoms with Crippen LogP contribution < -0.4 is 5.56 Å². The van der Waals surface area contributed by atoms with Crippen molar-refractivity contribution < 1.29 is 14.4 Å². The number of aromatic nitrogens is 3. The Bertz CT molecular complexity index is 772. The molecule has 1 aliphatic rings. The fourth-order valence-corrected chi connectivity index (χ4v) is 3.05. The first kappa shape index (κ1) is 15.5. The molecule has 2 aromatic heterocycles. The van der Waals surface area contributed by atoms with Crippen molar-refractivity contribution in [2.75, 3.05) is 0 Å². The summed E-state index contributed by atoms with van der Waals surface area (Å²) in [6, 6.07) is 1.60. The number of aromatic carboxylic acids is 1. The van der Waals surface area contributed by atoms with Gasteiger partial charge in [-0.3, -0.25) is 4.79 Å². The van der Waals surface area contributed by atoms with Gasteiger partial charge in [0.1, 0.15) is 12.1 Å². The van der Waals surface area contributed by atoms with Crippen LogP contribution in [0.1, 0.15) is 65.7 Å². The number of pyridine rings is 1. The van der Waals surface area contributed by atoms with Crippen molar-refractivity contribution in [3.63, 3.8) is 0 Å². The van der Waals surface area contributed by atoms with Crippen molar-refractivity contribution in [3.05, 3.63) is 45.5 Å². The summed E-state index contributed by atoms with van der Waals surface area (Å²) in [5.41, 5.74) is -0.346. The molecule has 0 bridgehead atoms. The minimum absolute atomic E-state index is 0.0825. The van der Waals surface area contributed by atoms with Crippen molar-refractivity contribution in [3.8, 4) is 0 Å². The maximum Gasteiger partial charge on any atom is 0.341 e. The number of nitrogens with zero attached hydrogens (tertiary/aromatic N) is 3. The van der Waals surface area contributed by atoms with Gasteiger partial charge in [-0.15, -0.1) is 0 Å². The molecule has 1 saturated carbocycles. The molecule has 2 heterocycles. The van der Waals surface area contributed by atoms with E-state index >= 15 is 0 Å². The Labute approximate surface area is 132 Å². The van der Waals surface area contributed by atoms with Crippen LogP contribution in [0.3, 0.4) is 0 Å². The molecule has 0 amide bonds. The lowest BCUT2D eigenvalue weighted by molar-refractivity contribution is 0.0693. The van der Waals surface area contributed by atoms with Gasteiger partial charge in [0.25, 0.3) is 5.56 Å². The monoisotopic (exact) mass is 317 g/mol. The van der Waals surface area contributed by atoms with E-state index in [1.54, 1.807) is 19.2 Å². The van der Waals surface area contributed by atoms with Gasteiger partial charge in [-0.2, -0.15) is 4.98 Å². The van der Waals surface area contributed by atoms with Crippen LogP contribution in [0.5, 0.6) is 0 Å². The molecule has 0 saturated heterocycles. The Morgan fingerprint density at radius 3 is 2.83 bits per heavy atom. The number of carboxylic acids is 1. The molecule has 7 nitrogen and oxygen atoms in total. The Balaban J connectivity index is 1.83. The molecule has 1 aliphatic carbocycles. The van der Waals surface area contributed by atoms with E-state index in [4.69, 9.17) is 9.63 Å². The second-order valence-electron chi connectivity index (χ2n) is 5.99. The highest BCUT2D eigenvalue weighted by molar-refractivity contribution is 5.88. The van der Waals surface area contributed by atoms with Crippen LogP contribution in [0.25, 0.3) is 0 Å². The molecule has 0 radical (unpaired) electrons. The zero-order valence-corrected chi connectivity index (χ0v) is 13.0. The van der Waals surface area contributed by atoms with Crippen LogP contribution in [0.4, 0.5) is 0 Å². The van der Waals surface area contributed by atoms with E-state index in [-0.39, 0.29) is 12.1 Å². The molecule has 3 rings (SSSR count). The van der Waals surface area contributed by atoms with E-state index in [2.05, 4.69) is 10.1 Å². The minimum atomic E-state index is -1.23. The topological polar surface area (TPSA) is 98.2 Å². The molecule has 1 fully saturated rings. The molecule has 0 aliphatic heterocycles. The van der Waals surface area contributed by atoms with Crippen LogP contribution in [-0.4, -0.2) is 25.8 Å². The molecular weight excluding hydrogens is 298 g/mol. The molecule has 122 valence electrons. The van der Waals surface area contributed by atoms with Gasteiger partial charge < -0.3 is 14.2 Å². The summed E-state index contributed by atoms with van der Waals surface area (Å²) in [5.74, 6) is 0.118. The average molecular weight is 317 g/mol. The predicted molar refractivity (Wildman–Crippen MR) is 81.6 cm³/mol. The largest absolute Gasteiger partial charge is 0.477 e. The summed E-state index contributed by atoms with van der Waals surface area (Å²) in [7, 11) is 0. The molecule has 7 heteroatoms. The van der Waals surface area contributed by atoms with Gasteiger partial charge in [0.05, 0.1) is 0 Å². The summed E-state index contributed by atoms with van der Waals surface area (Å²) in [6.45, 7) is 1.68. The van der Waals surface area contributed by atoms with Gasteiger partial charge in [-0.05, 0) is 31.4 Å². The highest BCUT2D eigenvalue weighted by Gasteiger charge is 2.21. The van der Waals surface area contributed by atoms with E-state index in [0.29, 0.717) is 23.2 Å². The van der Waals surface area contributed by atoms with Gasteiger partial charge in [0, 0.05) is 12.1 Å². The van der Waals surface area contributed by atoms with Gasteiger partial charge >= 0.3 is 5.97 Å². The highest BCUT2D eigenvalue weighted by atomic mass is 16.5. The highest BCUT2D eigenvalue weighted by Crippen LogP contribution is 2.30. The standard InChI is InChI=1S/C16H19N3O4/c1-10-7-8-19(15(20)13(10)16(21)22)9-12-17-14(18-23-12)11-5-3-2-4-6-11/h7-8,11H,2-6,9H2,1H3,(H,21,22). The number of hydrogen-bond donors (Lipinski definition) is 1. The Hall–Kier alpha value is -2.44. The maximum absolute atomic E-state index is 12.2. The summed E-state index contributed by atoms with van der Waals surface area (Å²) in [6.07, 6.45) is 7.27. The van der Waals surface area contributed by atoms with E-state index in [0.717, 1.165) is 12.8 Å². The Kier molecular flexibility index (Phi) is 4.27. The summed E-state index contributed by atoms with van der Waals surface area (Å²) in [5, 5.41) is 13.2. The first-order valence-corrected chi connectivity index (χ1v) is 7.82. The number of hydrogen-bond acceptors (Lipinski definition) is 5. The van der Waals surface area contributed by atoms with Crippen molar-refractivity contribution >= 4 is 5.97 Å². The van der Waals surface area contributed by atoms with Crippen molar-refractivity contribution in [1.82, 2.24) is 14.7 Å². The summed E-state index contributed by atoms with van der Waals surface area (Å²) < 4.78 is 6.53. The van der Waals surface area contributed by atoms with E-state index in [1.807, 2.05) is 0 Å². The van der Waals surface area contributed by atoms with Gasteiger partial charge in [-0.25, -0.2) is 4.79 Å². The molecule has 0 unspecified atom stereocenters. The third kappa shape index (κ3) is 3.18. The molecular formula is C16H19N3O4. The average Bonchev–Trinajstić information content (AvgIpc) is 2.99. The zero-order chi connectivity index (χ0) is 16.4. The first-order chi connectivity index (χ1) is 11.1. The van der Waals surface area contributed by atoms with E-state index in [1.165, 1.54) is 23.8 Å². The maximum atomic E-state index is 12.2. The number of rotatable bonds is 4. The Morgan fingerprint density at radius 2 is 2.13 bits per heavy atom. The van der Waals surface area contributed by atoms with Crippen LogP contribution >= 0.6 is 0 Å². The predicted octanol–water partition coefficient (Wildman–Crippen LogP) is 2.33. The normalized spacial score (nSPS) is 15.7. The quantitative estimate of drug-likeness (QED) is 0.929. The van der Waals surface area contributed by atoms with Gasteiger partial charge in [0.2, 0.25) is 5.89 Å². The lowest BCUT2D eigenvalue weighted by atomic mass is 9.89. The molecule has 0 aromatic carbocycles. The SMILES string of the molecule is Cc1ccn(Cc2nc(C3CCCCC3)no2)c(=O)c1C(=O)O. The number of carbonyl (C=O) groups is 1. The van der Waals surface area contributed by atoms with E-state index in [9.17, 15) is 9.59 Å². The molecule has 1 N–H and O–H groups in total.